The van der Waals surface area contributed by atoms with Gasteiger partial charge in [0.2, 0.25) is 5.89 Å². The van der Waals surface area contributed by atoms with Crippen molar-refractivity contribution in [1.29, 1.82) is 0 Å². The number of rotatable bonds is 6. The van der Waals surface area contributed by atoms with Gasteiger partial charge in [0.1, 0.15) is 5.82 Å². The molecule has 29 heavy (non-hydrogen) atoms. The molecule has 12 heteroatoms. The van der Waals surface area contributed by atoms with Crippen LogP contribution in [0, 0.1) is 5.82 Å². The molecule has 3 aromatic rings. The van der Waals surface area contributed by atoms with Crippen LogP contribution in [-0.4, -0.2) is 37.6 Å². The van der Waals surface area contributed by atoms with Crippen LogP contribution in [0.5, 0.6) is 0 Å². The molecule has 0 aliphatic heterocycles. The molecule has 0 saturated carbocycles. The molecule has 0 spiro atoms. The molecule has 0 aliphatic rings. The zero-order valence-electron chi connectivity index (χ0n) is 15.4. The van der Waals surface area contributed by atoms with Gasteiger partial charge in [0, 0.05) is 18.9 Å². The topological polar surface area (TPSA) is 98.7 Å². The summed E-state index contributed by atoms with van der Waals surface area (Å²) in [5, 5.41) is 12.9. The first-order valence-electron chi connectivity index (χ1n) is 8.56. The van der Waals surface area contributed by atoms with Crippen LogP contribution in [0.2, 0.25) is 0 Å². The number of hydrogen-bond acceptors (Lipinski definition) is 6. The van der Waals surface area contributed by atoms with E-state index in [4.69, 9.17) is 4.52 Å². The van der Waals surface area contributed by atoms with Crippen molar-refractivity contribution in [3.05, 3.63) is 53.2 Å². The van der Waals surface area contributed by atoms with Gasteiger partial charge in [0.05, 0.1) is 5.69 Å². The second-order valence-corrected chi connectivity index (χ2v) is 6.38. The fourth-order valence-electron chi connectivity index (χ4n) is 2.42. The van der Waals surface area contributed by atoms with Crippen molar-refractivity contribution < 1.29 is 26.9 Å². The summed E-state index contributed by atoms with van der Waals surface area (Å²) >= 11 is 0. The molecule has 1 N–H and O–H groups in total. The molecule has 0 bridgehead atoms. The van der Waals surface area contributed by atoms with Gasteiger partial charge in [-0.25, -0.2) is 9.07 Å². The second kappa shape index (κ2) is 7.97. The van der Waals surface area contributed by atoms with Crippen LogP contribution < -0.4 is 5.32 Å². The predicted octanol–water partition coefficient (Wildman–Crippen LogP) is 2.90. The van der Waals surface area contributed by atoms with Crippen molar-refractivity contribution in [2.45, 2.75) is 32.4 Å². The van der Waals surface area contributed by atoms with E-state index in [1.54, 1.807) is 0 Å². The highest BCUT2D eigenvalue weighted by Gasteiger charge is 2.42. The van der Waals surface area contributed by atoms with Gasteiger partial charge >= 0.3 is 6.18 Å². The summed E-state index contributed by atoms with van der Waals surface area (Å²) in [6, 6.07) is 4.16. The molecule has 2 heterocycles. The smallest absolute Gasteiger partial charge is 0.350 e. The number of hydrogen-bond donors (Lipinski definition) is 1. The molecule has 3 rings (SSSR count). The average molecular weight is 412 g/mol. The molecule has 8 nitrogen and oxygen atoms in total. The number of nitrogens with one attached hydrogen (secondary N) is 1. The van der Waals surface area contributed by atoms with Crippen molar-refractivity contribution in [3.8, 4) is 5.69 Å². The minimum Gasteiger partial charge on any atom is -0.350 e. The molecule has 0 atom stereocenters. The van der Waals surface area contributed by atoms with E-state index in [9.17, 15) is 22.4 Å². The molecule has 0 fully saturated rings. The monoisotopic (exact) mass is 412 g/mol. The maximum Gasteiger partial charge on any atom is 0.435 e. The molecule has 0 aliphatic carbocycles. The van der Waals surface area contributed by atoms with Gasteiger partial charge < -0.3 is 9.84 Å². The molecule has 1 amide bonds. The van der Waals surface area contributed by atoms with Crippen LogP contribution in [0.4, 0.5) is 17.6 Å². The van der Waals surface area contributed by atoms with E-state index in [-0.39, 0.29) is 30.5 Å². The normalized spacial score (nSPS) is 11.8. The SMILES string of the molecule is CC(C)c1noc(CCNC(=O)c2nnn(-c3ccc(F)cc3)c2C(F)(F)F)n1. The maximum absolute atomic E-state index is 13.5. The molecular weight excluding hydrogens is 396 g/mol. The van der Waals surface area contributed by atoms with Crippen molar-refractivity contribution in [1.82, 2.24) is 30.5 Å². The molecule has 0 saturated heterocycles. The highest BCUT2D eigenvalue weighted by Crippen LogP contribution is 2.32. The van der Waals surface area contributed by atoms with Gasteiger partial charge in [0.25, 0.3) is 5.91 Å². The third kappa shape index (κ3) is 4.58. The van der Waals surface area contributed by atoms with Gasteiger partial charge in [-0.15, -0.1) is 5.10 Å². The summed E-state index contributed by atoms with van der Waals surface area (Å²) < 4.78 is 59.1. The average Bonchev–Trinajstić information content (AvgIpc) is 3.29. The molecule has 154 valence electrons. The van der Waals surface area contributed by atoms with Crippen molar-refractivity contribution >= 4 is 5.91 Å². The molecule has 0 unspecified atom stereocenters. The van der Waals surface area contributed by atoms with E-state index in [2.05, 4.69) is 25.8 Å². The maximum atomic E-state index is 13.5. The molecule has 1 aromatic carbocycles. The standard InChI is InChI=1S/C17H16F4N6O2/c1-9(2)15-23-12(29-25-15)7-8-22-16(28)13-14(17(19,20)21)27(26-24-13)11-5-3-10(18)4-6-11/h3-6,9H,7-8H2,1-2H3,(H,22,28). The van der Waals surface area contributed by atoms with E-state index < -0.39 is 29.3 Å². The highest BCUT2D eigenvalue weighted by atomic mass is 19.4. The van der Waals surface area contributed by atoms with E-state index in [0.717, 1.165) is 24.3 Å². The van der Waals surface area contributed by atoms with Crippen molar-refractivity contribution in [3.63, 3.8) is 0 Å². The lowest BCUT2D eigenvalue weighted by Crippen LogP contribution is -2.29. The number of benzene rings is 1. The second-order valence-electron chi connectivity index (χ2n) is 6.38. The Morgan fingerprint density at radius 2 is 1.93 bits per heavy atom. The van der Waals surface area contributed by atoms with Crippen LogP contribution >= 0.6 is 0 Å². The quantitative estimate of drug-likeness (QED) is 0.625. The summed E-state index contributed by atoms with van der Waals surface area (Å²) in [5.41, 5.74) is -2.34. The Bertz CT molecular complexity index is 994. The number of nitrogens with zero attached hydrogens (tertiary/aromatic N) is 5. The summed E-state index contributed by atoms with van der Waals surface area (Å²) in [5.74, 6) is -0.887. The van der Waals surface area contributed by atoms with E-state index in [0.29, 0.717) is 10.5 Å². The third-order valence-corrected chi connectivity index (χ3v) is 3.85. The van der Waals surface area contributed by atoms with Crippen LogP contribution in [0.25, 0.3) is 5.69 Å². The number of alkyl halides is 3. The van der Waals surface area contributed by atoms with E-state index >= 15 is 0 Å². The fraction of sp³-hybridized carbons (Fsp3) is 0.353. The van der Waals surface area contributed by atoms with Crippen molar-refractivity contribution in [2.24, 2.45) is 0 Å². The number of carbonyl (C=O) groups excluding carboxylic acids is 1. The summed E-state index contributed by atoms with van der Waals surface area (Å²) in [6.07, 6.45) is -4.78. The lowest BCUT2D eigenvalue weighted by molar-refractivity contribution is -0.143. The Morgan fingerprint density at radius 1 is 1.24 bits per heavy atom. The Balaban J connectivity index is 1.76. The van der Waals surface area contributed by atoms with Gasteiger partial charge in [-0.2, -0.15) is 18.2 Å². The largest absolute Gasteiger partial charge is 0.435 e. The predicted molar refractivity (Wildman–Crippen MR) is 90.7 cm³/mol. The van der Waals surface area contributed by atoms with Crippen LogP contribution in [0.1, 0.15) is 47.7 Å². The van der Waals surface area contributed by atoms with Crippen LogP contribution in [0.3, 0.4) is 0 Å². The lowest BCUT2D eigenvalue weighted by Gasteiger charge is -2.11. The Kier molecular flexibility index (Phi) is 5.62. The lowest BCUT2D eigenvalue weighted by atomic mass is 10.2. The molecule has 2 aromatic heterocycles. The van der Waals surface area contributed by atoms with Crippen LogP contribution in [0.15, 0.2) is 28.8 Å². The number of carbonyl (C=O) groups is 1. The fourth-order valence-corrected chi connectivity index (χ4v) is 2.42. The van der Waals surface area contributed by atoms with Crippen LogP contribution in [-0.2, 0) is 12.6 Å². The first kappa shape index (κ1) is 20.4. The van der Waals surface area contributed by atoms with Gasteiger partial charge in [-0.1, -0.05) is 24.2 Å². The minimum absolute atomic E-state index is 0.0424. The number of halogens is 4. The molecule has 0 radical (unpaired) electrons. The number of amides is 1. The summed E-state index contributed by atoms with van der Waals surface area (Å²) in [4.78, 5) is 16.4. The minimum atomic E-state index is -4.91. The number of aromatic nitrogens is 5. The first-order valence-corrected chi connectivity index (χ1v) is 8.56. The van der Waals surface area contributed by atoms with Gasteiger partial charge in [0.15, 0.2) is 17.2 Å². The van der Waals surface area contributed by atoms with E-state index in [1.807, 2.05) is 13.8 Å². The van der Waals surface area contributed by atoms with Crippen molar-refractivity contribution in [2.75, 3.05) is 6.54 Å². The zero-order valence-corrected chi connectivity index (χ0v) is 15.4. The summed E-state index contributed by atoms with van der Waals surface area (Å²) in [7, 11) is 0. The Labute approximate surface area is 161 Å². The Morgan fingerprint density at radius 3 is 2.52 bits per heavy atom. The van der Waals surface area contributed by atoms with Gasteiger partial charge in [-0.3, -0.25) is 4.79 Å². The van der Waals surface area contributed by atoms with E-state index in [1.165, 1.54) is 0 Å². The first-order chi connectivity index (χ1) is 13.7. The zero-order chi connectivity index (χ0) is 21.2. The highest BCUT2D eigenvalue weighted by molar-refractivity contribution is 5.93. The third-order valence-electron chi connectivity index (χ3n) is 3.85. The molecular formula is C17H16F4N6O2. The Hall–Kier alpha value is -3.31. The summed E-state index contributed by atoms with van der Waals surface area (Å²) in [6.45, 7) is 3.71. The van der Waals surface area contributed by atoms with Gasteiger partial charge in [-0.05, 0) is 24.3 Å².